The van der Waals surface area contributed by atoms with E-state index in [1.807, 2.05) is 48.5 Å². The van der Waals surface area contributed by atoms with E-state index in [4.69, 9.17) is 19.3 Å². The van der Waals surface area contributed by atoms with E-state index in [2.05, 4.69) is 0 Å². The molecule has 0 fully saturated rings. The van der Waals surface area contributed by atoms with Gasteiger partial charge in [-0.05, 0) is 23.8 Å². The average Bonchev–Trinajstić information content (AvgIpc) is 2.64. The Labute approximate surface area is 146 Å². The molecule has 1 N–H and O–H groups in total. The molecule has 6 nitrogen and oxygen atoms in total. The van der Waals surface area contributed by atoms with Crippen LogP contribution in [0.15, 0.2) is 48.5 Å². The molecular formula is C19H20O6. The third kappa shape index (κ3) is 5.84. The van der Waals surface area contributed by atoms with Gasteiger partial charge in [0.05, 0.1) is 20.0 Å². The fourth-order valence-corrected chi connectivity index (χ4v) is 2.21. The highest BCUT2D eigenvalue weighted by atomic mass is 16.6. The van der Waals surface area contributed by atoms with Crippen LogP contribution in [0.2, 0.25) is 0 Å². The van der Waals surface area contributed by atoms with Crippen molar-refractivity contribution < 1.29 is 28.9 Å². The van der Waals surface area contributed by atoms with Crippen molar-refractivity contribution in [1.82, 2.24) is 0 Å². The van der Waals surface area contributed by atoms with Gasteiger partial charge in [0.15, 0.2) is 0 Å². The average molecular weight is 344 g/mol. The lowest BCUT2D eigenvalue weighted by Gasteiger charge is -2.10. The molecule has 0 heterocycles. The molecule has 0 bridgehead atoms. The molecule has 2 aromatic rings. The molecular weight excluding hydrogens is 324 g/mol. The van der Waals surface area contributed by atoms with Crippen LogP contribution in [-0.2, 0) is 14.3 Å². The lowest BCUT2D eigenvalue weighted by Crippen LogP contribution is -2.13. The van der Waals surface area contributed by atoms with E-state index in [9.17, 15) is 9.59 Å². The Morgan fingerprint density at radius 2 is 1.68 bits per heavy atom. The predicted molar refractivity (Wildman–Crippen MR) is 91.8 cm³/mol. The van der Waals surface area contributed by atoms with Gasteiger partial charge in [-0.1, -0.05) is 30.3 Å². The van der Waals surface area contributed by atoms with Gasteiger partial charge in [0.25, 0.3) is 0 Å². The van der Waals surface area contributed by atoms with Gasteiger partial charge in [-0.2, -0.15) is 0 Å². The maximum Gasteiger partial charge on any atom is 0.306 e. The Morgan fingerprint density at radius 3 is 2.36 bits per heavy atom. The summed E-state index contributed by atoms with van der Waals surface area (Å²) in [6.07, 6.45) is -0.368. The molecule has 6 heteroatoms. The van der Waals surface area contributed by atoms with Crippen molar-refractivity contribution in [2.24, 2.45) is 0 Å². The first-order valence-electron chi connectivity index (χ1n) is 7.84. The summed E-state index contributed by atoms with van der Waals surface area (Å²) < 4.78 is 15.7. The normalized spacial score (nSPS) is 10.1. The number of methoxy groups -OCH3 is 1. The van der Waals surface area contributed by atoms with Crippen molar-refractivity contribution in [3.63, 3.8) is 0 Å². The van der Waals surface area contributed by atoms with Crippen LogP contribution >= 0.6 is 0 Å². The zero-order valence-corrected chi connectivity index (χ0v) is 13.9. The van der Waals surface area contributed by atoms with Gasteiger partial charge in [-0.15, -0.1) is 0 Å². The first kappa shape index (κ1) is 18.3. The molecule has 2 rings (SSSR count). The second-order valence-corrected chi connectivity index (χ2v) is 5.19. The Balaban J connectivity index is 1.81. The zero-order chi connectivity index (χ0) is 18.1. The summed E-state index contributed by atoms with van der Waals surface area (Å²) in [6.45, 7) is 0.277. The number of carbonyl (C=O) groups excluding carboxylic acids is 1. The van der Waals surface area contributed by atoms with E-state index >= 15 is 0 Å². The van der Waals surface area contributed by atoms with Crippen LogP contribution in [0.1, 0.15) is 12.8 Å². The highest BCUT2D eigenvalue weighted by molar-refractivity contribution is 5.76. The number of para-hydroxylation sites is 1. The molecule has 0 saturated carbocycles. The van der Waals surface area contributed by atoms with Crippen molar-refractivity contribution in [2.45, 2.75) is 12.8 Å². The molecule has 0 aromatic heterocycles. The smallest absolute Gasteiger partial charge is 0.306 e. The van der Waals surface area contributed by atoms with Gasteiger partial charge in [-0.25, -0.2) is 0 Å². The minimum atomic E-state index is -1.02. The molecule has 0 saturated heterocycles. The van der Waals surface area contributed by atoms with Crippen molar-refractivity contribution >= 4 is 11.9 Å². The molecule has 0 unspecified atom stereocenters. The Bertz CT molecular complexity index is 708. The second-order valence-electron chi connectivity index (χ2n) is 5.19. The number of carboxylic acid groups (broad SMARTS) is 1. The minimum absolute atomic E-state index is 0.0761. The van der Waals surface area contributed by atoms with E-state index in [1.54, 1.807) is 7.11 Å². The van der Waals surface area contributed by atoms with Gasteiger partial charge in [0.1, 0.15) is 24.7 Å². The summed E-state index contributed by atoms with van der Waals surface area (Å²) in [6, 6.07) is 15.2. The predicted octanol–water partition coefficient (Wildman–Crippen LogP) is 3.15. The van der Waals surface area contributed by atoms with Crippen molar-refractivity contribution in [3.8, 4) is 22.6 Å². The molecule has 0 atom stereocenters. The highest BCUT2D eigenvalue weighted by Gasteiger charge is 2.07. The van der Waals surface area contributed by atoms with Crippen LogP contribution in [0.25, 0.3) is 11.1 Å². The molecule has 0 spiro atoms. The molecule has 2 aromatic carbocycles. The maximum atomic E-state index is 11.3. The molecule has 0 amide bonds. The van der Waals surface area contributed by atoms with Gasteiger partial charge in [0.2, 0.25) is 0 Å². The van der Waals surface area contributed by atoms with Crippen molar-refractivity contribution in [3.05, 3.63) is 48.5 Å². The number of carboxylic acids is 1. The number of carbonyl (C=O) groups is 2. The highest BCUT2D eigenvalue weighted by Crippen LogP contribution is 2.30. The first-order chi connectivity index (χ1) is 12.1. The number of esters is 1. The Hall–Kier alpha value is -3.02. The van der Waals surface area contributed by atoms with Gasteiger partial charge >= 0.3 is 11.9 Å². The van der Waals surface area contributed by atoms with E-state index in [0.29, 0.717) is 5.75 Å². The van der Waals surface area contributed by atoms with Gasteiger partial charge in [-0.3, -0.25) is 9.59 Å². The lowest BCUT2D eigenvalue weighted by atomic mass is 10.0. The number of hydrogen-bond donors (Lipinski definition) is 1. The summed E-state index contributed by atoms with van der Waals surface area (Å²) in [4.78, 5) is 21.6. The summed E-state index contributed by atoms with van der Waals surface area (Å²) in [7, 11) is 1.63. The van der Waals surface area contributed by atoms with Crippen LogP contribution in [-0.4, -0.2) is 37.4 Å². The number of benzene rings is 2. The molecule has 0 aliphatic heterocycles. The summed E-state index contributed by atoms with van der Waals surface area (Å²) in [5.41, 5.74) is 1.99. The van der Waals surface area contributed by atoms with E-state index in [0.717, 1.165) is 16.9 Å². The third-order valence-corrected chi connectivity index (χ3v) is 3.43. The molecule has 0 aliphatic rings. The first-order valence-corrected chi connectivity index (χ1v) is 7.84. The number of hydrogen-bond acceptors (Lipinski definition) is 5. The quantitative estimate of drug-likeness (QED) is 0.556. The van der Waals surface area contributed by atoms with E-state index in [1.165, 1.54) is 0 Å². The van der Waals surface area contributed by atoms with Crippen LogP contribution in [0.5, 0.6) is 11.5 Å². The van der Waals surface area contributed by atoms with Gasteiger partial charge in [0, 0.05) is 5.56 Å². The summed E-state index contributed by atoms with van der Waals surface area (Å²) >= 11 is 0. The van der Waals surface area contributed by atoms with Crippen LogP contribution in [0.3, 0.4) is 0 Å². The minimum Gasteiger partial charge on any atom is -0.496 e. The number of aliphatic carboxylic acids is 1. The topological polar surface area (TPSA) is 82.1 Å². The third-order valence-electron chi connectivity index (χ3n) is 3.43. The van der Waals surface area contributed by atoms with Crippen LogP contribution in [0.4, 0.5) is 0 Å². The fraction of sp³-hybridized carbons (Fsp3) is 0.263. The van der Waals surface area contributed by atoms with E-state index < -0.39 is 11.9 Å². The molecule has 0 radical (unpaired) electrons. The van der Waals surface area contributed by atoms with Gasteiger partial charge < -0.3 is 19.3 Å². The largest absolute Gasteiger partial charge is 0.496 e. The summed E-state index contributed by atoms with van der Waals surface area (Å²) in [5, 5.41) is 8.48. The number of ether oxygens (including phenoxy) is 3. The fourth-order valence-electron chi connectivity index (χ4n) is 2.21. The molecule has 25 heavy (non-hydrogen) atoms. The second kappa shape index (κ2) is 9.32. The standard InChI is InChI=1S/C19H20O6/c1-23-17-5-3-2-4-16(17)14-6-8-15(9-7-14)24-12-13-25-19(22)11-10-18(20)21/h2-9H,10-13H2,1H3,(H,20,21). The maximum absolute atomic E-state index is 11.3. The molecule has 132 valence electrons. The SMILES string of the molecule is COc1ccccc1-c1ccc(OCCOC(=O)CCC(=O)O)cc1. The summed E-state index contributed by atoms with van der Waals surface area (Å²) in [5.74, 6) is -0.120. The van der Waals surface area contributed by atoms with Crippen LogP contribution < -0.4 is 9.47 Å². The molecule has 0 aliphatic carbocycles. The van der Waals surface area contributed by atoms with E-state index in [-0.39, 0.29) is 26.1 Å². The van der Waals surface area contributed by atoms with Crippen molar-refractivity contribution in [1.29, 1.82) is 0 Å². The zero-order valence-electron chi connectivity index (χ0n) is 13.9. The Morgan fingerprint density at radius 1 is 0.960 bits per heavy atom. The lowest BCUT2D eigenvalue weighted by molar-refractivity contribution is -0.148. The van der Waals surface area contributed by atoms with Crippen molar-refractivity contribution in [2.75, 3.05) is 20.3 Å². The monoisotopic (exact) mass is 344 g/mol. The Kier molecular flexibility index (Phi) is 6.83. The number of rotatable bonds is 9. The van der Waals surface area contributed by atoms with Crippen LogP contribution in [0, 0.1) is 0 Å².